The molecule has 0 aromatic heterocycles. The highest BCUT2D eigenvalue weighted by atomic mass is 16.2. The molecule has 4 heteroatoms. The van der Waals surface area contributed by atoms with E-state index in [0.717, 1.165) is 6.54 Å². The molecule has 1 rings (SSSR count). The second kappa shape index (κ2) is 5.32. The Labute approximate surface area is 85.8 Å². The normalized spacial score (nSPS) is 32.6. The summed E-state index contributed by atoms with van der Waals surface area (Å²) >= 11 is 0. The summed E-state index contributed by atoms with van der Waals surface area (Å²) in [5.41, 5.74) is 2.18. The summed E-state index contributed by atoms with van der Waals surface area (Å²) in [6.07, 6.45) is 4.43. The molecule has 1 heterocycles. The van der Waals surface area contributed by atoms with Gasteiger partial charge < -0.3 is 4.90 Å². The maximum absolute atomic E-state index is 11.0. The molecular formula is C10H22N3O+. The minimum absolute atomic E-state index is 0.0533. The van der Waals surface area contributed by atoms with Crippen LogP contribution in [0.2, 0.25) is 0 Å². The van der Waals surface area contributed by atoms with Crippen LogP contribution in [0.4, 0.5) is 0 Å². The molecule has 4 N–H and O–H groups in total. The van der Waals surface area contributed by atoms with E-state index in [0.29, 0.717) is 18.5 Å². The van der Waals surface area contributed by atoms with E-state index in [9.17, 15) is 4.79 Å². The van der Waals surface area contributed by atoms with Gasteiger partial charge in [-0.2, -0.15) is 0 Å². The minimum atomic E-state index is -0.0533. The zero-order valence-electron chi connectivity index (χ0n) is 9.18. The van der Waals surface area contributed by atoms with Crippen LogP contribution in [0.15, 0.2) is 0 Å². The number of carbonyl (C=O) groups excluding carboxylic acids is 1. The number of quaternary nitrogens is 1. The zero-order valence-corrected chi connectivity index (χ0v) is 9.18. The van der Waals surface area contributed by atoms with Gasteiger partial charge >= 0.3 is 0 Å². The van der Waals surface area contributed by atoms with Gasteiger partial charge in [0.25, 0.3) is 0 Å². The Bertz CT molecular complexity index is 186. The maximum Gasteiger partial charge on any atom is 0.239 e. The molecule has 1 fully saturated rings. The molecule has 0 radical (unpaired) electrons. The lowest BCUT2D eigenvalue weighted by molar-refractivity contribution is -0.950. The first kappa shape index (κ1) is 11.5. The van der Waals surface area contributed by atoms with Gasteiger partial charge in [-0.3, -0.25) is 10.2 Å². The number of hydrogen-bond acceptors (Lipinski definition) is 2. The number of hydrazine groups is 1. The fourth-order valence-corrected chi connectivity index (χ4v) is 2.41. The molecular weight excluding hydrogens is 178 g/mol. The summed E-state index contributed by atoms with van der Waals surface area (Å²) < 4.78 is 0. The van der Waals surface area contributed by atoms with Crippen LogP contribution in [0, 0.1) is 0 Å². The van der Waals surface area contributed by atoms with E-state index in [-0.39, 0.29) is 5.91 Å². The first-order valence-corrected chi connectivity index (χ1v) is 5.50. The van der Waals surface area contributed by atoms with Crippen molar-refractivity contribution in [3.05, 3.63) is 0 Å². The average molecular weight is 200 g/mol. The molecule has 82 valence electrons. The van der Waals surface area contributed by atoms with Crippen LogP contribution in [0.1, 0.15) is 39.5 Å². The predicted octanol–water partition coefficient (Wildman–Crippen LogP) is -0.788. The van der Waals surface area contributed by atoms with E-state index in [2.05, 4.69) is 19.3 Å². The monoisotopic (exact) mass is 200 g/mol. The van der Waals surface area contributed by atoms with Gasteiger partial charge in [0.1, 0.15) is 0 Å². The summed E-state index contributed by atoms with van der Waals surface area (Å²) in [6, 6.07) is 1.37. The number of piperidine rings is 1. The standard InChI is InChI=1S/C10H21N3O/c1-8-4-3-5-9(2)13(8)7-6-10(14)12-11/h8-9H,3-7,11H2,1-2H3,(H,12,14)/p+1/t8-,9+. The van der Waals surface area contributed by atoms with Gasteiger partial charge in [-0.1, -0.05) is 0 Å². The van der Waals surface area contributed by atoms with Gasteiger partial charge in [-0.15, -0.1) is 0 Å². The number of nitrogens with one attached hydrogen (secondary N) is 2. The molecule has 1 aliphatic rings. The maximum atomic E-state index is 11.0. The third kappa shape index (κ3) is 2.96. The highest BCUT2D eigenvalue weighted by Crippen LogP contribution is 2.07. The third-order valence-corrected chi connectivity index (χ3v) is 3.34. The van der Waals surface area contributed by atoms with Gasteiger partial charge in [-0.05, 0) is 33.1 Å². The molecule has 3 atom stereocenters. The number of carbonyl (C=O) groups is 1. The predicted molar refractivity (Wildman–Crippen MR) is 55.6 cm³/mol. The number of rotatable bonds is 3. The molecule has 4 nitrogen and oxygen atoms in total. The summed E-state index contributed by atoms with van der Waals surface area (Å²) in [4.78, 5) is 12.6. The number of likely N-dealkylation sites (tertiary alicyclic amines) is 1. The van der Waals surface area contributed by atoms with Crippen molar-refractivity contribution in [3.8, 4) is 0 Å². The molecule has 0 saturated carbocycles. The first-order valence-electron chi connectivity index (χ1n) is 5.50. The van der Waals surface area contributed by atoms with Crippen molar-refractivity contribution in [3.63, 3.8) is 0 Å². The van der Waals surface area contributed by atoms with Crippen molar-refractivity contribution < 1.29 is 9.69 Å². The van der Waals surface area contributed by atoms with Gasteiger partial charge in [-0.25, -0.2) is 5.84 Å². The van der Waals surface area contributed by atoms with Crippen LogP contribution < -0.4 is 16.2 Å². The Kier molecular flexibility index (Phi) is 4.35. The van der Waals surface area contributed by atoms with Crippen LogP contribution in [-0.4, -0.2) is 24.5 Å². The Morgan fingerprint density at radius 3 is 2.50 bits per heavy atom. The minimum Gasteiger partial charge on any atom is -0.330 e. The lowest BCUT2D eigenvalue weighted by atomic mass is 9.97. The van der Waals surface area contributed by atoms with Crippen LogP contribution in [0.5, 0.6) is 0 Å². The second-order valence-electron chi connectivity index (χ2n) is 4.38. The lowest BCUT2D eigenvalue weighted by Gasteiger charge is -2.35. The SMILES string of the molecule is C[C@@H]1CCC[C@H](C)[NH+]1CCC(=O)NN. The van der Waals surface area contributed by atoms with Gasteiger partial charge in [0.2, 0.25) is 5.91 Å². The van der Waals surface area contributed by atoms with E-state index in [1.54, 1.807) is 4.90 Å². The smallest absolute Gasteiger partial charge is 0.239 e. The van der Waals surface area contributed by atoms with Crippen LogP contribution in [0.25, 0.3) is 0 Å². The van der Waals surface area contributed by atoms with Crippen molar-refractivity contribution in [2.24, 2.45) is 5.84 Å². The molecule has 0 spiro atoms. The summed E-state index contributed by atoms with van der Waals surface area (Å²) in [5, 5.41) is 0. The Hall–Kier alpha value is -0.610. The van der Waals surface area contributed by atoms with Crippen molar-refractivity contribution in [2.45, 2.75) is 51.6 Å². The molecule has 0 aromatic rings. The van der Waals surface area contributed by atoms with Crippen molar-refractivity contribution >= 4 is 5.91 Å². The highest BCUT2D eigenvalue weighted by molar-refractivity contribution is 5.75. The molecule has 0 aromatic carbocycles. The van der Waals surface area contributed by atoms with E-state index in [1.807, 2.05) is 0 Å². The average Bonchev–Trinajstić information content (AvgIpc) is 2.16. The fraction of sp³-hybridized carbons (Fsp3) is 0.900. The molecule has 0 bridgehead atoms. The zero-order chi connectivity index (χ0) is 10.6. The van der Waals surface area contributed by atoms with Gasteiger partial charge in [0.15, 0.2) is 0 Å². The van der Waals surface area contributed by atoms with Crippen LogP contribution in [-0.2, 0) is 4.79 Å². The molecule has 14 heavy (non-hydrogen) atoms. The summed E-state index contributed by atoms with van der Waals surface area (Å²) in [6.45, 7) is 5.45. The summed E-state index contributed by atoms with van der Waals surface area (Å²) in [5.74, 6) is 4.99. The first-order chi connectivity index (χ1) is 6.65. The molecule has 0 aliphatic carbocycles. The van der Waals surface area contributed by atoms with Crippen LogP contribution in [0.3, 0.4) is 0 Å². The quantitative estimate of drug-likeness (QED) is 0.318. The van der Waals surface area contributed by atoms with Gasteiger partial charge in [0, 0.05) is 0 Å². The van der Waals surface area contributed by atoms with Crippen LogP contribution >= 0.6 is 0 Å². The van der Waals surface area contributed by atoms with Gasteiger partial charge in [0.05, 0.1) is 25.0 Å². The number of hydrogen-bond donors (Lipinski definition) is 3. The molecule has 1 saturated heterocycles. The lowest BCUT2D eigenvalue weighted by Crippen LogP contribution is -3.19. The van der Waals surface area contributed by atoms with E-state index < -0.39 is 0 Å². The fourth-order valence-electron chi connectivity index (χ4n) is 2.41. The molecule has 1 aliphatic heterocycles. The third-order valence-electron chi connectivity index (χ3n) is 3.34. The highest BCUT2D eigenvalue weighted by Gasteiger charge is 2.28. The molecule has 1 amide bonds. The Morgan fingerprint density at radius 2 is 2.00 bits per heavy atom. The van der Waals surface area contributed by atoms with E-state index in [4.69, 9.17) is 5.84 Å². The number of nitrogens with two attached hydrogens (primary N) is 1. The topological polar surface area (TPSA) is 59.6 Å². The second-order valence-corrected chi connectivity index (χ2v) is 4.38. The Morgan fingerprint density at radius 1 is 1.43 bits per heavy atom. The van der Waals surface area contributed by atoms with E-state index in [1.165, 1.54) is 19.3 Å². The van der Waals surface area contributed by atoms with Crippen molar-refractivity contribution in [1.82, 2.24) is 5.43 Å². The van der Waals surface area contributed by atoms with E-state index >= 15 is 0 Å². The Balaban J connectivity index is 2.36. The van der Waals surface area contributed by atoms with Crippen molar-refractivity contribution in [1.29, 1.82) is 0 Å². The number of amides is 1. The summed E-state index contributed by atoms with van der Waals surface area (Å²) in [7, 11) is 0. The largest absolute Gasteiger partial charge is 0.330 e. The van der Waals surface area contributed by atoms with Crippen molar-refractivity contribution in [2.75, 3.05) is 6.54 Å². The molecule has 1 unspecified atom stereocenters.